The van der Waals surface area contributed by atoms with Crippen LogP contribution in [0.1, 0.15) is 39.5 Å². The Balaban J connectivity index is 1.49. The minimum Gasteiger partial charge on any atom is -0.395 e. The maximum Gasteiger partial charge on any atom is 0.238 e. The summed E-state index contributed by atoms with van der Waals surface area (Å²) in [6, 6.07) is 9.59. The van der Waals surface area contributed by atoms with E-state index in [0.717, 1.165) is 25.1 Å². The molecule has 4 N–H and O–H groups in total. The van der Waals surface area contributed by atoms with E-state index >= 15 is 0 Å². The Hall–Kier alpha value is -2.81. The van der Waals surface area contributed by atoms with Crippen molar-refractivity contribution >= 4 is 40.9 Å². The van der Waals surface area contributed by atoms with Crippen LogP contribution >= 0.6 is 11.8 Å². The number of aliphatic hydroxyl groups excluding tert-OH is 1. The molecule has 0 radical (unpaired) electrons. The van der Waals surface area contributed by atoms with E-state index in [9.17, 15) is 24.8 Å². The van der Waals surface area contributed by atoms with E-state index in [1.807, 2.05) is 43.0 Å². The number of benzene rings is 1. The summed E-state index contributed by atoms with van der Waals surface area (Å²) in [4.78, 5) is 41.4. The summed E-state index contributed by atoms with van der Waals surface area (Å²) in [5.74, 6) is -1.15. The van der Waals surface area contributed by atoms with Crippen molar-refractivity contribution in [1.82, 2.24) is 15.1 Å². The van der Waals surface area contributed by atoms with Gasteiger partial charge in [-0.1, -0.05) is 6.07 Å². The van der Waals surface area contributed by atoms with Gasteiger partial charge < -0.3 is 26.0 Å². The first-order chi connectivity index (χ1) is 17.9. The fraction of sp³-hybridized carbons (Fsp3) is 0.615. The van der Waals surface area contributed by atoms with Crippen molar-refractivity contribution in [3.05, 3.63) is 24.3 Å². The first kappa shape index (κ1) is 28.8. The molecule has 2 heterocycles. The normalized spacial score (nSPS) is 22.5. The lowest BCUT2D eigenvalue weighted by molar-refractivity contribution is -0.131. The van der Waals surface area contributed by atoms with Crippen LogP contribution < -0.4 is 16.0 Å². The molecular weight excluding hydrogens is 492 g/mol. The fourth-order valence-corrected chi connectivity index (χ4v) is 6.44. The molecule has 3 unspecified atom stereocenters. The van der Waals surface area contributed by atoms with Crippen LogP contribution in [0, 0.1) is 17.2 Å². The van der Waals surface area contributed by atoms with Gasteiger partial charge in [0.15, 0.2) is 0 Å². The highest BCUT2D eigenvalue weighted by atomic mass is 32.2. The van der Waals surface area contributed by atoms with Crippen molar-refractivity contribution in [2.24, 2.45) is 5.92 Å². The van der Waals surface area contributed by atoms with Gasteiger partial charge in [0.2, 0.25) is 17.7 Å². The SMILES string of the molecule is CCNC(=O)C(C#N)CC1SC(CCNc2cccc(NC(=O)CN3CCC[C@H]3CO)c2)C(=O)N1CC. The van der Waals surface area contributed by atoms with E-state index in [0.29, 0.717) is 38.2 Å². The Morgan fingerprint density at radius 1 is 1.30 bits per heavy atom. The topological polar surface area (TPSA) is 138 Å². The van der Waals surface area contributed by atoms with E-state index in [4.69, 9.17) is 0 Å². The van der Waals surface area contributed by atoms with Crippen LogP contribution in [0.4, 0.5) is 11.4 Å². The van der Waals surface area contributed by atoms with Gasteiger partial charge in [-0.05, 0) is 57.9 Å². The van der Waals surface area contributed by atoms with Gasteiger partial charge in [0, 0.05) is 43.5 Å². The molecule has 202 valence electrons. The van der Waals surface area contributed by atoms with Crippen molar-refractivity contribution in [2.75, 3.05) is 50.0 Å². The summed E-state index contributed by atoms with van der Waals surface area (Å²) in [7, 11) is 0. The average molecular weight is 531 g/mol. The maximum atomic E-state index is 12.9. The molecule has 2 aliphatic rings. The van der Waals surface area contributed by atoms with Gasteiger partial charge in [-0.15, -0.1) is 11.8 Å². The Morgan fingerprint density at radius 2 is 2.08 bits per heavy atom. The number of carbonyl (C=O) groups excluding carboxylic acids is 3. The van der Waals surface area contributed by atoms with Crippen molar-refractivity contribution in [2.45, 2.75) is 56.2 Å². The third-order valence-corrected chi connectivity index (χ3v) is 8.29. The van der Waals surface area contributed by atoms with Crippen LogP contribution in [-0.4, -0.2) is 88.6 Å². The molecule has 0 bridgehead atoms. The number of nitrogens with zero attached hydrogens (tertiary/aromatic N) is 3. The summed E-state index contributed by atoms with van der Waals surface area (Å²) >= 11 is 1.52. The summed E-state index contributed by atoms with van der Waals surface area (Å²) < 4.78 is 0. The average Bonchev–Trinajstić information content (AvgIpc) is 3.45. The molecule has 3 rings (SSSR count). The fourth-order valence-electron chi connectivity index (χ4n) is 4.85. The smallest absolute Gasteiger partial charge is 0.238 e. The Kier molecular flexibility index (Phi) is 11.0. The number of likely N-dealkylation sites (tertiary alicyclic amines) is 1. The largest absolute Gasteiger partial charge is 0.395 e. The summed E-state index contributed by atoms with van der Waals surface area (Å²) in [6.45, 7) is 6.43. The molecule has 11 heteroatoms. The van der Waals surface area contributed by atoms with E-state index in [2.05, 4.69) is 22.0 Å². The second-order valence-corrected chi connectivity index (χ2v) is 10.7. The molecule has 2 saturated heterocycles. The highest BCUT2D eigenvalue weighted by Crippen LogP contribution is 2.37. The monoisotopic (exact) mass is 530 g/mol. The van der Waals surface area contributed by atoms with Gasteiger partial charge in [-0.2, -0.15) is 5.26 Å². The molecule has 3 amide bonds. The lowest BCUT2D eigenvalue weighted by Crippen LogP contribution is -2.38. The number of anilines is 2. The Bertz CT molecular complexity index is 986. The van der Waals surface area contributed by atoms with Crippen LogP contribution in [-0.2, 0) is 14.4 Å². The first-order valence-electron chi connectivity index (χ1n) is 13.0. The number of hydrogen-bond acceptors (Lipinski definition) is 8. The number of amides is 3. The van der Waals surface area contributed by atoms with Gasteiger partial charge in [0.05, 0.1) is 29.8 Å². The molecule has 0 aliphatic carbocycles. The zero-order chi connectivity index (χ0) is 26.8. The minimum atomic E-state index is -0.783. The van der Waals surface area contributed by atoms with Gasteiger partial charge in [0.1, 0.15) is 5.92 Å². The third kappa shape index (κ3) is 7.84. The van der Waals surface area contributed by atoms with Crippen LogP contribution in [0.2, 0.25) is 0 Å². The molecule has 1 aromatic carbocycles. The zero-order valence-electron chi connectivity index (χ0n) is 21.6. The number of nitriles is 1. The minimum absolute atomic E-state index is 0.0380. The van der Waals surface area contributed by atoms with Gasteiger partial charge >= 0.3 is 0 Å². The number of aliphatic hydroxyl groups is 1. The lowest BCUT2D eigenvalue weighted by atomic mass is 10.1. The van der Waals surface area contributed by atoms with Crippen molar-refractivity contribution in [3.8, 4) is 6.07 Å². The summed E-state index contributed by atoms with van der Waals surface area (Å²) in [6.07, 6.45) is 2.82. The number of nitrogens with one attached hydrogen (secondary N) is 3. The highest BCUT2D eigenvalue weighted by Gasteiger charge is 2.40. The second-order valence-electron chi connectivity index (χ2n) is 9.31. The van der Waals surface area contributed by atoms with Crippen LogP contribution in [0.15, 0.2) is 24.3 Å². The van der Waals surface area contributed by atoms with E-state index in [-0.39, 0.29) is 47.5 Å². The van der Waals surface area contributed by atoms with Gasteiger partial charge in [0.25, 0.3) is 0 Å². The molecule has 0 spiro atoms. The number of hydrogen-bond donors (Lipinski definition) is 4. The highest BCUT2D eigenvalue weighted by molar-refractivity contribution is 8.01. The van der Waals surface area contributed by atoms with Crippen molar-refractivity contribution < 1.29 is 19.5 Å². The summed E-state index contributed by atoms with van der Waals surface area (Å²) in [5, 5.41) is 27.4. The molecular formula is C26H38N6O4S. The van der Waals surface area contributed by atoms with Crippen molar-refractivity contribution in [1.29, 1.82) is 5.26 Å². The van der Waals surface area contributed by atoms with Crippen LogP contribution in [0.25, 0.3) is 0 Å². The molecule has 0 aromatic heterocycles. The van der Waals surface area contributed by atoms with E-state index in [1.165, 1.54) is 11.8 Å². The predicted molar refractivity (Wildman–Crippen MR) is 145 cm³/mol. The second kappa shape index (κ2) is 14.2. The standard InChI is InChI=1S/C26H38N6O4S/c1-3-28-25(35)18(15-27)13-24-32(4-2)26(36)22(37-24)10-11-29-19-7-5-8-20(14-19)30-23(34)16-31-12-6-9-21(31)17-33/h5,7-8,14,18,21-22,24,29,33H,3-4,6,9-13,16-17H2,1-2H3,(H,28,35)(H,30,34)/t18?,21-,22?,24?/m0/s1. The first-order valence-corrected chi connectivity index (χ1v) is 14.0. The molecule has 1 aromatic rings. The number of carbonyl (C=O) groups is 3. The zero-order valence-corrected chi connectivity index (χ0v) is 22.4. The number of thioether (sulfide) groups is 1. The molecule has 0 saturated carbocycles. The molecule has 10 nitrogen and oxygen atoms in total. The molecule has 4 atom stereocenters. The predicted octanol–water partition coefficient (Wildman–Crippen LogP) is 1.84. The molecule has 37 heavy (non-hydrogen) atoms. The Labute approximate surface area is 223 Å². The third-order valence-electron chi connectivity index (χ3n) is 6.77. The van der Waals surface area contributed by atoms with E-state index in [1.54, 1.807) is 4.90 Å². The molecule has 2 aliphatic heterocycles. The molecule has 2 fully saturated rings. The lowest BCUT2D eigenvalue weighted by Gasteiger charge is -2.23. The Morgan fingerprint density at radius 3 is 2.78 bits per heavy atom. The number of rotatable bonds is 13. The van der Waals surface area contributed by atoms with Crippen LogP contribution in [0.5, 0.6) is 0 Å². The van der Waals surface area contributed by atoms with Crippen LogP contribution in [0.3, 0.4) is 0 Å². The van der Waals surface area contributed by atoms with Crippen molar-refractivity contribution in [3.63, 3.8) is 0 Å². The summed E-state index contributed by atoms with van der Waals surface area (Å²) in [5.41, 5.74) is 1.53. The quantitative estimate of drug-likeness (QED) is 0.303. The van der Waals surface area contributed by atoms with E-state index < -0.39 is 5.92 Å². The maximum absolute atomic E-state index is 12.9. The van der Waals surface area contributed by atoms with Gasteiger partial charge in [-0.3, -0.25) is 19.3 Å². The van der Waals surface area contributed by atoms with Gasteiger partial charge in [-0.25, -0.2) is 0 Å².